The average Bonchev–Trinajstić information content (AvgIpc) is 2.42. The number of rotatable bonds is 10. The number of hydrogen-bond donors (Lipinski definition) is 1. The molecule has 0 bridgehead atoms. The van der Waals surface area contributed by atoms with Crippen molar-refractivity contribution in [2.45, 2.75) is 0 Å². The highest BCUT2D eigenvalue weighted by Crippen LogP contribution is 2.28. The number of nitrogens with two attached hydrogens (primary N) is 1. The maximum Gasteiger partial charge on any atom is 0.143 e. The fourth-order valence-corrected chi connectivity index (χ4v) is 1.67. The second-order valence-corrected chi connectivity index (χ2v) is 4.72. The normalized spacial score (nSPS) is 10.8. The molecular formula is C13H19BrFNO4. The molecule has 0 fully saturated rings. The average molecular weight is 352 g/mol. The zero-order valence-corrected chi connectivity index (χ0v) is 12.9. The van der Waals surface area contributed by atoms with E-state index in [0.29, 0.717) is 49.9 Å². The number of methoxy groups -OCH3 is 1. The smallest absolute Gasteiger partial charge is 0.143 e. The Hall–Kier alpha value is -0.890. The summed E-state index contributed by atoms with van der Waals surface area (Å²) < 4.78 is 34.2. The van der Waals surface area contributed by atoms with Crippen LogP contribution in [0.2, 0.25) is 0 Å². The Morgan fingerprint density at radius 1 is 1.05 bits per heavy atom. The van der Waals surface area contributed by atoms with E-state index in [0.717, 1.165) is 0 Å². The van der Waals surface area contributed by atoms with Crippen molar-refractivity contribution in [1.29, 1.82) is 0 Å². The van der Waals surface area contributed by atoms with E-state index in [1.807, 2.05) is 0 Å². The number of benzene rings is 1. The minimum absolute atomic E-state index is 0.258. The minimum atomic E-state index is -0.417. The molecule has 0 aromatic heterocycles. The van der Waals surface area contributed by atoms with Crippen LogP contribution in [0.25, 0.3) is 0 Å². The van der Waals surface area contributed by atoms with E-state index in [2.05, 4.69) is 15.9 Å². The van der Waals surface area contributed by atoms with Crippen LogP contribution in [0, 0.1) is 5.82 Å². The van der Waals surface area contributed by atoms with Crippen molar-refractivity contribution in [1.82, 2.24) is 0 Å². The zero-order chi connectivity index (χ0) is 14.8. The van der Waals surface area contributed by atoms with Gasteiger partial charge in [0.15, 0.2) is 0 Å². The Balaban J connectivity index is 2.11. The van der Waals surface area contributed by atoms with Crippen molar-refractivity contribution in [2.75, 3.05) is 52.5 Å². The van der Waals surface area contributed by atoms with Gasteiger partial charge in [-0.25, -0.2) is 4.39 Å². The summed E-state index contributed by atoms with van der Waals surface area (Å²) in [5.74, 6) is 0.0116. The number of halogens is 2. The van der Waals surface area contributed by atoms with Gasteiger partial charge in [0.25, 0.3) is 0 Å². The van der Waals surface area contributed by atoms with E-state index in [9.17, 15) is 4.39 Å². The number of ether oxygens (including phenoxy) is 4. The monoisotopic (exact) mass is 351 g/mol. The van der Waals surface area contributed by atoms with Crippen LogP contribution < -0.4 is 10.5 Å². The molecule has 0 atom stereocenters. The largest absolute Gasteiger partial charge is 0.489 e. The highest BCUT2D eigenvalue weighted by atomic mass is 79.9. The van der Waals surface area contributed by atoms with Gasteiger partial charge in [0.05, 0.1) is 43.2 Å². The minimum Gasteiger partial charge on any atom is -0.489 e. The first-order valence-electron chi connectivity index (χ1n) is 6.17. The molecule has 1 aromatic carbocycles. The van der Waals surface area contributed by atoms with Crippen LogP contribution >= 0.6 is 15.9 Å². The first-order valence-corrected chi connectivity index (χ1v) is 6.96. The number of anilines is 1. The molecule has 2 N–H and O–H groups in total. The molecule has 20 heavy (non-hydrogen) atoms. The van der Waals surface area contributed by atoms with Gasteiger partial charge in [-0.3, -0.25) is 0 Å². The first-order chi connectivity index (χ1) is 9.65. The molecule has 1 aromatic rings. The van der Waals surface area contributed by atoms with Crippen LogP contribution in [-0.2, 0) is 14.2 Å². The van der Waals surface area contributed by atoms with Crippen LogP contribution in [0.5, 0.6) is 5.75 Å². The molecule has 0 radical (unpaired) electrons. The highest BCUT2D eigenvalue weighted by molar-refractivity contribution is 9.10. The molecule has 0 saturated heterocycles. The Morgan fingerprint density at radius 2 is 1.65 bits per heavy atom. The van der Waals surface area contributed by atoms with Crippen molar-refractivity contribution in [3.05, 3.63) is 22.4 Å². The van der Waals surface area contributed by atoms with E-state index in [4.69, 9.17) is 24.7 Å². The highest BCUT2D eigenvalue weighted by Gasteiger charge is 2.06. The third kappa shape index (κ3) is 6.51. The Bertz CT molecular complexity index is 406. The molecule has 114 valence electrons. The van der Waals surface area contributed by atoms with Crippen LogP contribution in [0.4, 0.5) is 10.1 Å². The predicted octanol–water partition coefficient (Wildman–Crippen LogP) is 2.23. The molecular weight excluding hydrogens is 333 g/mol. The van der Waals surface area contributed by atoms with Crippen LogP contribution in [-0.4, -0.2) is 46.8 Å². The summed E-state index contributed by atoms with van der Waals surface area (Å²) >= 11 is 3.08. The van der Waals surface area contributed by atoms with Crippen molar-refractivity contribution < 1.29 is 23.3 Å². The Kier molecular flexibility index (Phi) is 8.52. The van der Waals surface area contributed by atoms with Gasteiger partial charge >= 0.3 is 0 Å². The van der Waals surface area contributed by atoms with Gasteiger partial charge in [0.1, 0.15) is 18.2 Å². The van der Waals surface area contributed by atoms with E-state index in [1.165, 1.54) is 12.1 Å². The third-order valence-corrected chi connectivity index (χ3v) is 2.95. The lowest BCUT2D eigenvalue weighted by molar-refractivity contribution is 0.0180. The van der Waals surface area contributed by atoms with Gasteiger partial charge in [-0.2, -0.15) is 0 Å². The van der Waals surface area contributed by atoms with Crippen molar-refractivity contribution in [3.8, 4) is 5.75 Å². The van der Waals surface area contributed by atoms with Crippen LogP contribution in [0.1, 0.15) is 0 Å². The lowest BCUT2D eigenvalue weighted by Crippen LogP contribution is -2.12. The maximum atomic E-state index is 13.1. The molecule has 7 heteroatoms. The lowest BCUT2D eigenvalue weighted by Gasteiger charge is -2.10. The summed E-state index contributed by atoms with van der Waals surface area (Å²) in [6, 6.07) is 2.71. The van der Waals surface area contributed by atoms with E-state index >= 15 is 0 Å². The molecule has 0 spiro atoms. The third-order valence-electron chi connectivity index (χ3n) is 2.34. The fraction of sp³-hybridized carbons (Fsp3) is 0.538. The Morgan fingerprint density at radius 3 is 2.30 bits per heavy atom. The van der Waals surface area contributed by atoms with Crippen molar-refractivity contribution in [2.24, 2.45) is 0 Å². The van der Waals surface area contributed by atoms with E-state index < -0.39 is 5.82 Å². The van der Waals surface area contributed by atoms with Crippen LogP contribution in [0.3, 0.4) is 0 Å². The standard InChI is InChI=1S/C13H19BrFNO4/c1-17-2-3-18-4-5-19-6-7-20-13-8-10(14)11(15)9-12(13)16/h8-9H,2-7,16H2,1H3. The molecule has 0 amide bonds. The van der Waals surface area contributed by atoms with Gasteiger partial charge in [-0.1, -0.05) is 0 Å². The maximum absolute atomic E-state index is 13.1. The zero-order valence-electron chi connectivity index (χ0n) is 11.4. The van der Waals surface area contributed by atoms with Gasteiger partial charge in [-0.05, 0) is 22.0 Å². The van der Waals surface area contributed by atoms with Gasteiger partial charge < -0.3 is 24.7 Å². The second kappa shape index (κ2) is 9.93. The topological polar surface area (TPSA) is 62.9 Å². The molecule has 0 aliphatic heterocycles. The number of hydrogen-bond acceptors (Lipinski definition) is 5. The van der Waals surface area contributed by atoms with Gasteiger partial charge in [0.2, 0.25) is 0 Å². The summed E-state index contributed by atoms with van der Waals surface area (Å²) in [5.41, 5.74) is 5.90. The quantitative estimate of drug-likeness (QED) is 0.517. The first kappa shape index (κ1) is 17.2. The lowest BCUT2D eigenvalue weighted by atomic mass is 10.3. The summed E-state index contributed by atoms with van der Waals surface area (Å²) in [5, 5.41) is 0. The summed E-state index contributed by atoms with van der Waals surface area (Å²) in [6.07, 6.45) is 0. The van der Waals surface area contributed by atoms with E-state index in [1.54, 1.807) is 7.11 Å². The Labute approximate surface area is 126 Å². The summed E-state index contributed by atoms with van der Waals surface area (Å²) in [4.78, 5) is 0. The molecule has 0 heterocycles. The summed E-state index contributed by atoms with van der Waals surface area (Å²) in [6.45, 7) is 2.85. The molecule has 0 aliphatic rings. The molecule has 5 nitrogen and oxygen atoms in total. The fourth-order valence-electron chi connectivity index (χ4n) is 1.34. The van der Waals surface area contributed by atoms with E-state index in [-0.39, 0.29) is 5.69 Å². The second-order valence-electron chi connectivity index (χ2n) is 3.87. The molecule has 1 rings (SSSR count). The van der Waals surface area contributed by atoms with Crippen molar-refractivity contribution in [3.63, 3.8) is 0 Å². The summed E-state index contributed by atoms with van der Waals surface area (Å²) in [7, 11) is 1.62. The molecule has 0 unspecified atom stereocenters. The number of nitrogen functional groups attached to an aromatic ring is 1. The molecule has 0 aliphatic carbocycles. The molecule has 0 saturated carbocycles. The van der Waals surface area contributed by atoms with Gasteiger partial charge in [-0.15, -0.1) is 0 Å². The van der Waals surface area contributed by atoms with Crippen molar-refractivity contribution >= 4 is 21.6 Å². The van der Waals surface area contributed by atoms with Crippen LogP contribution in [0.15, 0.2) is 16.6 Å². The SMILES string of the molecule is COCCOCCOCCOc1cc(Br)c(F)cc1N. The predicted molar refractivity (Wildman–Crippen MR) is 77.5 cm³/mol. The van der Waals surface area contributed by atoms with Gasteiger partial charge in [0, 0.05) is 13.2 Å².